The number of phosphoric ester groups is 1. The zero-order valence-corrected chi connectivity index (χ0v) is 15.0. The van der Waals surface area contributed by atoms with Crippen LogP contribution in [0.4, 0.5) is 0 Å². The van der Waals surface area contributed by atoms with Gasteiger partial charge in [-0.25, -0.2) is 4.57 Å². The Labute approximate surface area is 143 Å². The maximum atomic E-state index is 12.4. The fraction of sp³-hybridized carbons (Fsp3) is 0.294. The molecule has 0 atom stereocenters. The average molecular weight is 357 g/mol. The SMILES string of the molecule is CC.O=P(OCCl)(OCc1ccccc1)OCc1ccccc1. The molecule has 4 nitrogen and oxygen atoms in total. The van der Waals surface area contributed by atoms with Crippen molar-refractivity contribution < 1.29 is 18.1 Å². The van der Waals surface area contributed by atoms with Gasteiger partial charge in [0.05, 0.1) is 13.2 Å². The summed E-state index contributed by atoms with van der Waals surface area (Å²) in [4.78, 5) is 0. The van der Waals surface area contributed by atoms with Gasteiger partial charge < -0.3 is 0 Å². The van der Waals surface area contributed by atoms with Crippen LogP contribution in [-0.4, -0.2) is 6.07 Å². The third kappa shape index (κ3) is 7.78. The molecule has 0 bridgehead atoms. The van der Waals surface area contributed by atoms with E-state index in [0.717, 1.165) is 11.1 Å². The first kappa shape index (κ1) is 19.9. The number of alkyl halides is 1. The lowest BCUT2D eigenvalue weighted by Gasteiger charge is -2.16. The third-order valence-electron chi connectivity index (χ3n) is 2.67. The lowest BCUT2D eigenvalue weighted by molar-refractivity contribution is 0.115. The van der Waals surface area contributed by atoms with Gasteiger partial charge in [-0.05, 0) is 11.1 Å². The maximum Gasteiger partial charge on any atom is 0.476 e. The second kappa shape index (κ2) is 11.4. The molecule has 2 aromatic rings. The Morgan fingerprint density at radius 3 is 1.52 bits per heavy atom. The van der Waals surface area contributed by atoms with Gasteiger partial charge in [0.15, 0.2) is 0 Å². The molecule has 2 aromatic carbocycles. The molecular weight excluding hydrogens is 335 g/mol. The van der Waals surface area contributed by atoms with E-state index < -0.39 is 7.82 Å². The molecule has 0 N–H and O–H groups in total. The van der Waals surface area contributed by atoms with Crippen molar-refractivity contribution in [2.75, 3.05) is 6.07 Å². The molecule has 6 heteroatoms. The van der Waals surface area contributed by atoms with Crippen LogP contribution in [0.2, 0.25) is 0 Å². The van der Waals surface area contributed by atoms with Crippen LogP contribution in [0.25, 0.3) is 0 Å². The van der Waals surface area contributed by atoms with Gasteiger partial charge in [0.25, 0.3) is 0 Å². The molecule has 2 rings (SSSR count). The molecule has 0 unspecified atom stereocenters. The molecule has 23 heavy (non-hydrogen) atoms. The van der Waals surface area contributed by atoms with E-state index >= 15 is 0 Å². The monoisotopic (exact) mass is 356 g/mol. The average Bonchev–Trinajstić information content (AvgIpc) is 2.62. The molecule has 0 spiro atoms. The summed E-state index contributed by atoms with van der Waals surface area (Å²) in [7, 11) is -3.68. The molecule has 0 heterocycles. The van der Waals surface area contributed by atoms with Gasteiger partial charge in [-0.2, -0.15) is 0 Å². The van der Waals surface area contributed by atoms with E-state index in [-0.39, 0.29) is 19.3 Å². The van der Waals surface area contributed by atoms with Gasteiger partial charge in [-0.3, -0.25) is 13.6 Å². The van der Waals surface area contributed by atoms with Gasteiger partial charge in [0.2, 0.25) is 0 Å². The van der Waals surface area contributed by atoms with Crippen molar-refractivity contribution in [2.45, 2.75) is 27.1 Å². The molecule has 0 saturated heterocycles. The Balaban J connectivity index is 0.00000127. The van der Waals surface area contributed by atoms with Crippen LogP contribution in [0.5, 0.6) is 0 Å². The fourth-order valence-electron chi connectivity index (χ4n) is 1.63. The summed E-state index contributed by atoms with van der Waals surface area (Å²) in [5.74, 6) is 0. The molecule has 126 valence electrons. The zero-order valence-electron chi connectivity index (χ0n) is 13.4. The van der Waals surface area contributed by atoms with Crippen molar-refractivity contribution in [2.24, 2.45) is 0 Å². The predicted octanol–water partition coefficient (Wildman–Crippen LogP) is 5.77. The minimum atomic E-state index is -3.68. The molecule has 0 amide bonds. The largest absolute Gasteiger partial charge is 0.476 e. The molecule has 0 aliphatic rings. The van der Waals surface area contributed by atoms with E-state index in [1.165, 1.54) is 0 Å². The maximum absolute atomic E-state index is 12.4. The van der Waals surface area contributed by atoms with Crippen molar-refractivity contribution in [3.63, 3.8) is 0 Å². The standard InChI is InChI=1S/C15H16ClO4P.C2H6/c16-13-20-21(17,18-11-14-7-3-1-4-8-14)19-12-15-9-5-2-6-10-15;1-2/h1-10H,11-13H2;1-2H3. The summed E-state index contributed by atoms with van der Waals surface area (Å²) in [6.45, 7) is 4.26. The quantitative estimate of drug-likeness (QED) is 0.445. The third-order valence-corrected chi connectivity index (χ3v) is 4.27. The number of hydrogen-bond donors (Lipinski definition) is 0. The normalized spacial score (nSPS) is 10.7. The Morgan fingerprint density at radius 1 is 0.783 bits per heavy atom. The van der Waals surface area contributed by atoms with Gasteiger partial charge in [-0.1, -0.05) is 86.1 Å². The summed E-state index contributed by atoms with van der Waals surface area (Å²) in [6, 6.07) is 18.5. The van der Waals surface area contributed by atoms with Gasteiger partial charge in [0.1, 0.15) is 6.07 Å². The van der Waals surface area contributed by atoms with E-state index in [0.29, 0.717) is 0 Å². The first-order valence-electron chi connectivity index (χ1n) is 7.39. The van der Waals surface area contributed by atoms with Crippen molar-refractivity contribution in [3.05, 3.63) is 71.8 Å². The lowest BCUT2D eigenvalue weighted by Crippen LogP contribution is -2.00. The number of rotatable bonds is 8. The van der Waals surface area contributed by atoms with E-state index in [2.05, 4.69) is 0 Å². The molecule has 0 saturated carbocycles. The van der Waals surface area contributed by atoms with E-state index in [9.17, 15) is 4.57 Å². The summed E-state index contributed by atoms with van der Waals surface area (Å²) >= 11 is 5.49. The van der Waals surface area contributed by atoms with Crippen LogP contribution in [-0.2, 0) is 31.4 Å². The summed E-state index contributed by atoms with van der Waals surface area (Å²) in [5.41, 5.74) is 1.75. The zero-order chi connectivity index (χ0) is 17.0. The van der Waals surface area contributed by atoms with Crippen LogP contribution in [0.3, 0.4) is 0 Å². The molecule has 0 aliphatic carbocycles. The number of phosphoric acid groups is 1. The van der Waals surface area contributed by atoms with Gasteiger partial charge >= 0.3 is 7.82 Å². The van der Waals surface area contributed by atoms with Crippen LogP contribution >= 0.6 is 19.4 Å². The smallest absolute Gasteiger partial charge is 0.282 e. The highest BCUT2D eigenvalue weighted by Crippen LogP contribution is 2.51. The lowest BCUT2D eigenvalue weighted by atomic mass is 10.2. The van der Waals surface area contributed by atoms with Gasteiger partial charge in [-0.15, -0.1) is 0 Å². The Kier molecular flexibility index (Phi) is 9.85. The van der Waals surface area contributed by atoms with Crippen LogP contribution in [0.15, 0.2) is 60.7 Å². The summed E-state index contributed by atoms with van der Waals surface area (Å²) in [6.07, 6.45) is 0. The second-order valence-electron chi connectivity index (χ2n) is 4.20. The minimum absolute atomic E-state index is 0.129. The van der Waals surface area contributed by atoms with E-state index in [1.54, 1.807) is 0 Å². The Morgan fingerprint density at radius 2 is 1.17 bits per heavy atom. The minimum Gasteiger partial charge on any atom is -0.282 e. The van der Waals surface area contributed by atoms with Crippen molar-refractivity contribution >= 4 is 19.4 Å². The highest BCUT2D eigenvalue weighted by Gasteiger charge is 2.26. The topological polar surface area (TPSA) is 44.8 Å². The highest BCUT2D eigenvalue weighted by molar-refractivity contribution is 7.48. The van der Waals surface area contributed by atoms with Crippen LogP contribution in [0, 0.1) is 0 Å². The molecule has 0 aliphatic heterocycles. The summed E-state index contributed by atoms with van der Waals surface area (Å²) in [5, 5.41) is 0. The van der Waals surface area contributed by atoms with E-state index in [1.807, 2.05) is 74.5 Å². The number of hydrogen-bond acceptors (Lipinski definition) is 4. The second-order valence-corrected chi connectivity index (χ2v) is 6.09. The van der Waals surface area contributed by atoms with Crippen molar-refractivity contribution in [1.82, 2.24) is 0 Å². The molecular formula is C17H22ClO4P. The first-order chi connectivity index (χ1) is 11.2. The van der Waals surface area contributed by atoms with Crippen molar-refractivity contribution in [3.8, 4) is 0 Å². The first-order valence-corrected chi connectivity index (χ1v) is 9.39. The molecule has 0 radical (unpaired) electrons. The van der Waals surface area contributed by atoms with Crippen molar-refractivity contribution in [1.29, 1.82) is 0 Å². The molecule has 0 fully saturated rings. The van der Waals surface area contributed by atoms with Crippen LogP contribution in [0.1, 0.15) is 25.0 Å². The predicted molar refractivity (Wildman–Crippen MR) is 93.2 cm³/mol. The fourth-order valence-corrected chi connectivity index (χ4v) is 2.94. The van der Waals surface area contributed by atoms with E-state index in [4.69, 9.17) is 25.2 Å². The summed E-state index contributed by atoms with van der Waals surface area (Å²) < 4.78 is 28.0. The number of halogens is 1. The Hall–Kier alpha value is -1.16. The van der Waals surface area contributed by atoms with Crippen LogP contribution < -0.4 is 0 Å². The highest BCUT2D eigenvalue weighted by atomic mass is 35.5. The Bertz CT molecular complexity index is 530. The number of benzene rings is 2. The van der Waals surface area contributed by atoms with Gasteiger partial charge in [0, 0.05) is 0 Å². The molecule has 0 aromatic heterocycles.